The molecular formula is C14H23FN2. The lowest BCUT2D eigenvalue weighted by atomic mass is 10.1. The number of rotatable bonds is 7. The maximum atomic E-state index is 13.2. The Hall–Kier alpha value is -0.930. The second-order valence-corrected chi connectivity index (χ2v) is 4.29. The lowest BCUT2D eigenvalue weighted by molar-refractivity contribution is 0.279. The van der Waals surface area contributed by atoms with Crippen molar-refractivity contribution in [2.24, 2.45) is 0 Å². The van der Waals surface area contributed by atoms with Gasteiger partial charge in [-0.05, 0) is 43.3 Å². The highest BCUT2D eigenvalue weighted by molar-refractivity contribution is 5.26. The van der Waals surface area contributed by atoms with Gasteiger partial charge in [-0.1, -0.05) is 19.9 Å². The Morgan fingerprint density at radius 1 is 1.29 bits per heavy atom. The molecule has 1 rings (SSSR count). The molecule has 2 nitrogen and oxygen atoms in total. The zero-order chi connectivity index (χ0) is 12.7. The molecule has 0 fully saturated rings. The van der Waals surface area contributed by atoms with Crippen LogP contribution in [0.15, 0.2) is 18.2 Å². The number of benzene rings is 1. The molecule has 0 aliphatic carbocycles. The fraction of sp³-hybridized carbons (Fsp3) is 0.571. The third-order valence-electron chi connectivity index (χ3n) is 3.01. The van der Waals surface area contributed by atoms with E-state index in [1.165, 1.54) is 6.07 Å². The molecule has 3 heteroatoms. The van der Waals surface area contributed by atoms with Gasteiger partial charge in [0.15, 0.2) is 0 Å². The van der Waals surface area contributed by atoms with Crippen LogP contribution in [-0.4, -0.2) is 31.1 Å². The van der Waals surface area contributed by atoms with Crippen molar-refractivity contribution in [1.29, 1.82) is 0 Å². The van der Waals surface area contributed by atoms with Gasteiger partial charge in [-0.15, -0.1) is 0 Å². The first-order chi connectivity index (χ1) is 8.17. The molecule has 17 heavy (non-hydrogen) atoms. The molecule has 0 amide bonds. The fourth-order valence-corrected chi connectivity index (χ4v) is 1.81. The van der Waals surface area contributed by atoms with Gasteiger partial charge >= 0.3 is 0 Å². The summed E-state index contributed by atoms with van der Waals surface area (Å²) in [6.45, 7) is 11.1. The van der Waals surface area contributed by atoms with Gasteiger partial charge < -0.3 is 5.32 Å². The van der Waals surface area contributed by atoms with Crippen LogP contribution in [0.4, 0.5) is 4.39 Å². The number of nitrogens with zero attached hydrogens (tertiary/aromatic N) is 1. The quantitative estimate of drug-likeness (QED) is 0.734. The molecule has 0 unspecified atom stereocenters. The molecule has 1 N–H and O–H groups in total. The van der Waals surface area contributed by atoms with Gasteiger partial charge in [-0.25, -0.2) is 4.39 Å². The summed E-state index contributed by atoms with van der Waals surface area (Å²) in [5.41, 5.74) is 2.25. The van der Waals surface area contributed by atoms with Crippen LogP contribution in [0.1, 0.15) is 25.0 Å². The first kappa shape index (κ1) is 14.1. The zero-order valence-electron chi connectivity index (χ0n) is 11.1. The molecule has 0 aliphatic rings. The van der Waals surface area contributed by atoms with Crippen molar-refractivity contribution in [3.05, 3.63) is 35.1 Å². The van der Waals surface area contributed by atoms with Crippen molar-refractivity contribution in [3.63, 3.8) is 0 Å². The number of hydrogen-bond acceptors (Lipinski definition) is 2. The first-order valence-corrected chi connectivity index (χ1v) is 6.35. The summed E-state index contributed by atoms with van der Waals surface area (Å²) in [5, 5.41) is 3.31. The first-order valence-electron chi connectivity index (χ1n) is 6.35. The summed E-state index contributed by atoms with van der Waals surface area (Å²) in [6.07, 6.45) is 0. The van der Waals surface area contributed by atoms with Crippen molar-refractivity contribution < 1.29 is 4.39 Å². The molecular weight excluding hydrogens is 215 g/mol. The Morgan fingerprint density at radius 2 is 2.06 bits per heavy atom. The largest absolute Gasteiger partial charge is 0.316 e. The average molecular weight is 238 g/mol. The molecule has 0 radical (unpaired) electrons. The summed E-state index contributed by atoms with van der Waals surface area (Å²) in [7, 11) is 0. The van der Waals surface area contributed by atoms with Crippen LogP contribution in [-0.2, 0) is 6.54 Å². The van der Waals surface area contributed by atoms with Crippen molar-refractivity contribution in [2.75, 3.05) is 26.2 Å². The van der Waals surface area contributed by atoms with Crippen molar-refractivity contribution in [1.82, 2.24) is 10.2 Å². The number of aryl methyl sites for hydroxylation is 1. The number of likely N-dealkylation sites (N-methyl/N-ethyl adjacent to an activating group) is 2. The fourth-order valence-electron chi connectivity index (χ4n) is 1.81. The van der Waals surface area contributed by atoms with E-state index in [9.17, 15) is 4.39 Å². The molecule has 0 spiro atoms. The highest BCUT2D eigenvalue weighted by Gasteiger charge is 2.06. The van der Waals surface area contributed by atoms with Gasteiger partial charge in [0.1, 0.15) is 5.82 Å². The van der Waals surface area contributed by atoms with E-state index in [-0.39, 0.29) is 5.82 Å². The molecule has 0 heterocycles. The predicted molar refractivity (Wildman–Crippen MR) is 70.6 cm³/mol. The van der Waals surface area contributed by atoms with Gasteiger partial charge in [0.2, 0.25) is 0 Å². The highest BCUT2D eigenvalue weighted by Crippen LogP contribution is 2.12. The molecule has 0 saturated heterocycles. The van der Waals surface area contributed by atoms with E-state index < -0.39 is 0 Å². The normalized spacial score (nSPS) is 11.1. The number of halogens is 1. The Morgan fingerprint density at radius 3 is 2.71 bits per heavy atom. The van der Waals surface area contributed by atoms with Crippen LogP contribution < -0.4 is 5.32 Å². The minimum Gasteiger partial charge on any atom is -0.316 e. The molecule has 1 aromatic rings. The second kappa shape index (κ2) is 7.41. The predicted octanol–water partition coefficient (Wildman–Crippen LogP) is 2.57. The van der Waals surface area contributed by atoms with Gasteiger partial charge in [-0.2, -0.15) is 0 Å². The minimum atomic E-state index is -0.145. The van der Waals surface area contributed by atoms with E-state index in [2.05, 4.69) is 24.1 Å². The highest BCUT2D eigenvalue weighted by atomic mass is 19.1. The zero-order valence-corrected chi connectivity index (χ0v) is 11.1. The molecule has 0 saturated carbocycles. The Bertz CT molecular complexity index is 339. The lowest BCUT2D eigenvalue weighted by Crippen LogP contribution is -2.31. The van der Waals surface area contributed by atoms with E-state index in [1.807, 2.05) is 13.0 Å². The summed E-state index contributed by atoms with van der Waals surface area (Å²) in [6, 6.07) is 5.02. The van der Waals surface area contributed by atoms with Crippen LogP contribution in [0.5, 0.6) is 0 Å². The van der Waals surface area contributed by atoms with Crippen molar-refractivity contribution >= 4 is 0 Å². The minimum absolute atomic E-state index is 0.145. The summed E-state index contributed by atoms with van der Waals surface area (Å²) >= 11 is 0. The smallest absolute Gasteiger partial charge is 0.123 e. The maximum Gasteiger partial charge on any atom is 0.123 e. The standard InChI is InChI=1S/C14H23FN2/c1-4-16-8-9-17(5-2)11-13-10-14(15)7-6-12(13)3/h6-7,10,16H,4-5,8-9,11H2,1-3H3. The Balaban J connectivity index is 2.57. The topological polar surface area (TPSA) is 15.3 Å². The van der Waals surface area contributed by atoms with E-state index in [4.69, 9.17) is 0 Å². The van der Waals surface area contributed by atoms with Crippen LogP contribution in [0.2, 0.25) is 0 Å². The average Bonchev–Trinajstić information content (AvgIpc) is 2.32. The van der Waals surface area contributed by atoms with E-state index in [1.54, 1.807) is 6.07 Å². The van der Waals surface area contributed by atoms with Crippen LogP contribution >= 0.6 is 0 Å². The Kier molecular flexibility index (Phi) is 6.16. The second-order valence-electron chi connectivity index (χ2n) is 4.29. The van der Waals surface area contributed by atoms with Gasteiger partial charge in [0.05, 0.1) is 0 Å². The maximum absolute atomic E-state index is 13.2. The van der Waals surface area contributed by atoms with Gasteiger partial charge in [-0.3, -0.25) is 4.90 Å². The third kappa shape index (κ3) is 4.84. The monoisotopic (exact) mass is 238 g/mol. The number of nitrogens with one attached hydrogen (secondary N) is 1. The van der Waals surface area contributed by atoms with E-state index in [0.717, 1.165) is 43.9 Å². The number of hydrogen-bond donors (Lipinski definition) is 1. The summed E-state index contributed by atoms with van der Waals surface area (Å²) in [5.74, 6) is -0.145. The molecule has 0 aromatic heterocycles. The van der Waals surface area contributed by atoms with E-state index >= 15 is 0 Å². The molecule has 0 aliphatic heterocycles. The SMILES string of the molecule is CCNCCN(CC)Cc1cc(F)ccc1C. The summed E-state index contributed by atoms with van der Waals surface area (Å²) in [4.78, 5) is 2.32. The summed E-state index contributed by atoms with van der Waals surface area (Å²) < 4.78 is 13.2. The molecule has 96 valence electrons. The van der Waals surface area contributed by atoms with Crippen LogP contribution in [0.25, 0.3) is 0 Å². The van der Waals surface area contributed by atoms with Crippen LogP contribution in [0, 0.1) is 12.7 Å². The van der Waals surface area contributed by atoms with Gasteiger partial charge in [0, 0.05) is 19.6 Å². The third-order valence-corrected chi connectivity index (χ3v) is 3.01. The van der Waals surface area contributed by atoms with Gasteiger partial charge in [0.25, 0.3) is 0 Å². The molecule has 1 aromatic carbocycles. The lowest BCUT2D eigenvalue weighted by Gasteiger charge is -2.21. The Labute approximate surface area is 104 Å². The van der Waals surface area contributed by atoms with Crippen molar-refractivity contribution in [3.8, 4) is 0 Å². The van der Waals surface area contributed by atoms with E-state index in [0.29, 0.717) is 0 Å². The molecule has 0 atom stereocenters. The van der Waals surface area contributed by atoms with Crippen LogP contribution in [0.3, 0.4) is 0 Å². The molecule has 0 bridgehead atoms. The van der Waals surface area contributed by atoms with Crippen molar-refractivity contribution in [2.45, 2.75) is 27.3 Å².